The zero-order chi connectivity index (χ0) is 11.3. The number of rotatable bonds is 5. The smallest absolute Gasteiger partial charge is 0.146 e. The molecule has 4 N–H and O–H groups in total. The molecular weight excluding hydrogens is 190 g/mol. The molecule has 1 rings (SSSR count). The highest BCUT2D eigenvalue weighted by Gasteiger charge is 2.18. The molecule has 1 unspecified atom stereocenters. The Kier molecular flexibility index (Phi) is 3.91. The Morgan fingerprint density at radius 1 is 1.60 bits per heavy atom. The van der Waals surface area contributed by atoms with E-state index in [4.69, 9.17) is 5.73 Å². The molecule has 0 saturated heterocycles. The molecule has 0 aliphatic rings. The van der Waals surface area contributed by atoms with Crippen LogP contribution in [0.15, 0.2) is 18.3 Å². The van der Waals surface area contributed by atoms with E-state index in [1.807, 2.05) is 26.0 Å². The molecule has 0 aliphatic heterocycles. The Hall–Kier alpha value is -1.29. The van der Waals surface area contributed by atoms with Gasteiger partial charge in [0.25, 0.3) is 0 Å². The summed E-state index contributed by atoms with van der Waals surface area (Å²) in [5, 5.41) is 13.0. The molecule has 0 aromatic carbocycles. The highest BCUT2D eigenvalue weighted by Crippen LogP contribution is 2.17. The first kappa shape index (κ1) is 11.8. The monoisotopic (exact) mass is 209 g/mol. The summed E-state index contributed by atoms with van der Waals surface area (Å²) in [6.07, 6.45) is 3.36. The van der Waals surface area contributed by atoms with Gasteiger partial charge in [0.05, 0.1) is 11.3 Å². The fraction of sp³-hybridized carbons (Fsp3) is 0.545. The van der Waals surface area contributed by atoms with E-state index in [1.165, 1.54) is 0 Å². The number of aliphatic hydroxyl groups is 1. The van der Waals surface area contributed by atoms with Crippen molar-refractivity contribution in [1.29, 1.82) is 0 Å². The topological polar surface area (TPSA) is 71.2 Å². The lowest BCUT2D eigenvalue weighted by atomic mass is 10.0. The van der Waals surface area contributed by atoms with Crippen molar-refractivity contribution < 1.29 is 5.11 Å². The molecule has 1 aromatic rings. The molecule has 1 aromatic heterocycles. The minimum atomic E-state index is -0.697. The maximum atomic E-state index is 9.94. The van der Waals surface area contributed by atoms with Gasteiger partial charge in [-0.3, -0.25) is 0 Å². The summed E-state index contributed by atoms with van der Waals surface area (Å²) >= 11 is 0. The lowest BCUT2D eigenvalue weighted by Crippen LogP contribution is -2.33. The number of hydrogen-bond donors (Lipinski definition) is 3. The Balaban J connectivity index is 2.53. The molecule has 0 fully saturated rings. The average Bonchev–Trinajstić information content (AvgIpc) is 2.16. The number of pyridine rings is 1. The van der Waals surface area contributed by atoms with E-state index < -0.39 is 5.60 Å². The zero-order valence-corrected chi connectivity index (χ0v) is 9.33. The van der Waals surface area contributed by atoms with Crippen molar-refractivity contribution in [3.63, 3.8) is 0 Å². The predicted molar refractivity (Wildman–Crippen MR) is 62.7 cm³/mol. The van der Waals surface area contributed by atoms with Crippen LogP contribution in [0.5, 0.6) is 0 Å². The van der Waals surface area contributed by atoms with Crippen molar-refractivity contribution in [3.05, 3.63) is 18.3 Å². The van der Waals surface area contributed by atoms with E-state index in [0.717, 1.165) is 18.5 Å². The van der Waals surface area contributed by atoms with Crippen LogP contribution in [-0.2, 0) is 0 Å². The molecule has 0 spiro atoms. The van der Waals surface area contributed by atoms with E-state index in [0.29, 0.717) is 12.4 Å². The fourth-order valence-corrected chi connectivity index (χ4v) is 1.48. The molecule has 0 saturated carbocycles. The van der Waals surface area contributed by atoms with Crippen molar-refractivity contribution in [1.82, 2.24) is 4.98 Å². The maximum Gasteiger partial charge on any atom is 0.146 e. The van der Waals surface area contributed by atoms with Crippen LogP contribution in [0.2, 0.25) is 0 Å². The molecule has 15 heavy (non-hydrogen) atoms. The van der Waals surface area contributed by atoms with E-state index in [9.17, 15) is 5.11 Å². The summed E-state index contributed by atoms with van der Waals surface area (Å²) in [5.41, 5.74) is 5.74. The summed E-state index contributed by atoms with van der Waals surface area (Å²) in [4.78, 5) is 3.96. The van der Waals surface area contributed by atoms with Crippen LogP contribution in [0.25, 0.3) is 0 Å². The van der Waals surface area contributed by atoms with Crippen molar-refractivity contribution >= 4 is 11.5 Å². The first-order valence-electron chi connectivity index (χ1n) is 5.22. The lowest BCUT2D eigenvalue weighted by molar-refractivity contribution is 0.0637. The van der Waals surface area contributed by atoms with Gasteiger partial charge in [0.1, 0.15) is 5.82 Å². The van der Waals surface area contributed by atoms with Crippen LogP contribution in [0.1, 0.15) is 26.7 Å². The molecule has 4 nitrogen and oxygen atoms in total. The van der Waals surface area contributed by atoms with Crippen molar-refractivity contribution in [2.45, 2.75) is 32.3 Å². The van der Waals surface area contributed by atoms with Crippen LogP contribution < -0.4 is 11.1 Å². The SMILES string of the molecule is CCCC(C)(O)CNc1cccnc1N. The second-order valence-electron chi connectivity index (χ2n) is 4.04. The number of nitrogens with one attached hydrogen (secondary N) is 1. The normalized spacial score (nSPS) is 14.6. The van der Waals surface area contributed by atoms with Gasteiger partial charge < -0.3 is 16.2 Å². The number of anilines is 2. The van der Waals surface area contributed by atoms with Gasteiger partial charge in [0.15, 0.2) is 0 Å². The van der Waals surface area contributed by atoms with Gasteiger partial charge in [-0.05, 0) is 25.5 Å². The Bertz CT molecular complexity index is 312. The third-order valence-corrected chi connectivity index (χ3v) is 2.29. The number of nitrogens with two attached hydrogens (primary N) is 1. The molecule has 0 bridgehead atoms. The van der Waals surface area contributed by atoms with Crippen LogP contribution >= 0.6 is 0 Å². The van der Waals surface area contributed by atoms with Crippen LogP contribution in [0.3, 0.4) is 0 Å². The van der Waals surface area contributed by atoms with Crippen molar-refractivity contribution in [2.24, 2.45) is 0 Å². The molecule has 0 aliphatic carbocycles. The van der Waals surface area contributed by atoms with Gasteiger partial charge in [-0.25, -0.2) is 4.98 Å². The Morgan fingerprint density at radius 2 is 2.33 bits per heavy atom. The predicted octanol–water partition coefficient (Wildman–Crippen LogP) is 1.63. The molecule has 84 valence electrons. The summed E-state index contributed by atoms with van der Waals surface area (Å²) in [7, 11) is 0. The van der Waals surface area contributed by atoms with Gasteiger partial charge in [-0.2, -0.15) is 0 Å². The first-order valence-corrected chi connectivity index (χ1v) is 5.22. The second-order valence-corrected chi connectivity index (χ2v) is 4.04. The number of nitrogens with zero attached hydrogens (tertiary/aromatic N) is 1. The zero-order valence-electron chi connectivity index (χ0n) is 9.33. The molecule has 1 heterocycles. The molecular formula is C11H19N3O. The third-order valence-electron chi connectivity index (χ3n) is 2.29. The lowest BCUT2D eigenvalue weighted by Gasteiger charge is -2.23. The summed E-state index contributed by atoms with van der Waals surface area (Å²) in [6, 6.07) is 3.66. The fourth-order valence-electron chi connectivity index (χ4n) is 1.48. The van der Waals surface area contributed by atoms with Crippen molar-refractivity contribution in [3.8, 4) is 0 Å². The molecule has 4 heteroatoms. The summed E-state index contributed by atoms with van der Waals surface area (Å²) in [6.45, 7) is 4.35. The Labute approximate surface area is 90.5 Å². The summed E-state index contributed by atoms with van der Waals surface area (Å²) < 4.78 is 0. The third kappa shape index (κ3) is 3.75. The van der Waals surface area contributed by atoms with Gasteiger partial charge in [0.2, 0.25) is 0 Å². The van der Waals surface area contributed by atoms with Crippen LogP contribution in [-0.4, -0.2) is 22.2 Å². The van der Waals surface area contributed by atoms with Crippen molar-refractivity contribution in [2.75, 3.05) is 17.6 Å². The molecule has 0 radical (unpaired) electrons. The maximum absolute atomic E-state index is 9.94. The van der Waals surface area contributed by atoms with Gasteiger partial charge in [-0.1, -0.05) is 13.3 Å². The van der Waals surface area contributed by atoms with Gasteiger partial charge >= 0.3 is 0 Å². The minimum absolute atomic E-state index is 0.463. The highest BCUT2D eigenvalue weighted by molar-refractivity contribution is 5.60. The van der Waals surface area contributed by atoms with E-state index >= 15 is 0 Å². The van der Waals surface area contributed by atoms with Crippen LogP contribution in [0, 0.1) is 0 Å². The number of aromatic nitrogens is 1. The Morgan fingerprint density at radius 3 is 2.93 bits per heavy atom. The number of nitrogen functional groups attached to an aromatic ring is 1. The quantitative estimate of drug-likeness (QED) is 0.689. The van der Waals surface area contributed by atoms with Gasteiger partial charge in [0, 0.05) is 12.7 Å². The van der Waals surface area contributed by atoms with Crippen LogP contribution in [0.4, 0.5) is 11.5 Å². The largest absolute Gasteiger partial charge is 0.388 e. The molecule has 1 atom stereocenters. The average molecular weight is 209 g/mol. The van der Waals surface area contributed by atoms with Gasteiger partial charge in [-0.15, -0.1) is 0 Å². The molecule has 0 amide bonds. The van der Waals surface area contributed by atoms with E-state index in [2.05, 4.69) is 10.3 Å². The standard InChI is InChI=1S/C11H19N3O/c1-3-6-11(2,15)8-14-9-5-4-7-13-10(9)12/h4-5,7,14-15H,3,6,8H2,1-2H3,(H2,12,13). The minimum Gasteiger partial charge on any atom is -0.388 e. The van der Waals surface area contributed by atoms with E-state index in [1.54, 1.807) is 6.20 Å². The first-order chi connectivity index (χ1) is 7.05. The second kappa shape index (κ2) is 4.98. The highest BCUT2D eigenvalue weighted by atomic mass is 16.3. The van der Waals surface area contributed by atoms with E-state index in [-0.39, 0.29) is 0 Å². The number of hydrogen-bond acceptors (Lipinski definition) is 4. The summed E-state index contributed by atoms with van der Waals surface area (Å²) in [5.74, 6) is 0.463.